The van der Waals surface area contributed by atoms with Crippen molar-refractivity contribution in [1.29, 1.82) is 0 Å². The lowest BCUT2D eigenvalue weighted by Gasteiger charge is -2.30. The SMILES string of the molecule is COc1ccc(OC2CCN(S(C)(=O)=O)CC2)cc1. The van der Waals surface area contributed by atoms with Crippen LogP contribution in [0.3, 0.4) is 0 Å². The molecule has 6 heteroatoms. The molecule has 1 fully saturated rings. The van der Waals surface area contributed by atoms with Crippen molar-refractivity contribution in [3.8, 4) is 11.5 Å². The van der Waals surface area contributed by atoms with Gasteiger partial charge in [-0.15, -0.1) is 0 Å². The van der Waals surface area contributed by atoms with Crippen molar-refractivity contribution in [2.45, 2.75) is 18.9 Å². The summed E-state index contributed by atoms with van der Waals surface area (Å²) in [6.45, 7) is 1.05. The van der Waals surface area contributed by atoms with Gasteiger partial charge in [0.05, 0.1) is 13.4 Å². The highest BCUT2D eigenvalue weighted by molar-refractivity contribution is 7.88. The summed E-state index contributed by atoms with van der Waals surface area (Å²) in [5.41, 5.74) is 0. The Hall–Kier alpha value is -1.27. The fourth-order valence-electron chi connectivity index (χ4n) is 2.13. The van der Waals surface area contributed by atoms with Gasteiger partial charge in [0.2, 0.25) is 10.0 Å². The quantitative estimate of drug-likeness (QED) is 0.841. The van der Waals surface area contributed by atoms with Gasteiger partial charge < -0.3 is 9.47 Å². The van der Waals surface area contributed by atoms with E-state index < -0.39 is 10.0 Å². The summed E-state index contributed by atoms with van der Waals surface area (Å²) in [5.74, 6) is 1.58. The summed E-state index contributed by atoms with van der Waals surface area (Å²) in [6.07, 6.45) is 2.77. The fourth-order valence-corrected chi connectivity index (χ4v) is 3.00. The second-order valence-corrected chi connectivity index (χ2v) is 6.64. The molecule has 1 aliphatic heterocycles. The van der Waals surface area contributed by atoms with Crippen LogP contribution in [0.1, 0.15) is 12.8 Å². The molecule has 0 unspecified atom stereocenters. The number of nitrogens with zero attached hydrogens (tertiary/aromatic N) is 1. The smallest absolute Gasteiger partial charge is 0.211 e. The number of hydrogen-bond acceptors (Lipinski definition) is 4. The van der Waals surface area contributed by atoms with Gasteiger partial charge in [-0.25, -0.2) is 12.7 Å². The molecule has 1 aromatic carbocycles. The lowest BCUT2D eigenvalue weighted by Crippen LogP contribution is -2.41. The number of piperidine rings is 1. The molecule has 1 saturated heterocycles. The van der Waals surface area contributed by atoms with Gasteiger partial charge >= 0.3 is 0 Å². The second-order valence-electron chi connectivity index (χ2n) is 4.65. The Balaban J connectivity index is 1.88. The molecule has 0 amide bonds. The average molecular weight is 285 g/mol. The lowest BCUT2D eigenvalue weighted by atomic mass is 10.1. The molecule has 1 heterocycles. The molecule has 2 rings (SSSR count). The highest BCUT2D eigenvalue weighted by Gasteiger charge is 2.25. The van der Waals surface area contributed by atoms with Crippen molar-refractivity contribution in [3.63, 3.8) is 0 Å². The standard InChI is InChI=1S/C13H19NO4S/c1-17-11-3-5-12(6-4-11)18-13-7-9-14(10-8-13)19(2,15)16/h3-6,13H,7-10H2,1-2H3. The Morgan fingerprint density at radius 1 is 1.11 bits per heavy atom. The maximum atomic E-state index is 11.4. The van der Waals surface area contributed by atoms with Crippen molar-refractivity contribution in [2.75, 3.05) is 26.5 Å². The molecule has 0 N–H and O–H groups in total. The van der Waals surface area contributed by atoms with E-state index in [1.165, 1.54) is 10.6 Å². The fraction of sp³-hybridized carbons (Fsp3) is 0.538. The van der Waals surface area contributed by atoms with Crippen molar-refractivity contribution >= 4 is 10.0 Å². The van der Waals surface area contributed by atoms with Crippen LogP contribution in [0.2, 0.25) is 0 Å². The van der Waals surface area contributed by atoms with E-state index in [0.717, 1.165) is 24.3 Å². The normalized spacial score (nSPS) is 18.2. The van der Waals surface area contributed by atoms with E-state index in [2.05, 4.69) is 0 Å². The Bertz CT molecular complexity index is 504. The minimum absolute atomic E-state index is 0.0754. The maximum absolute atomic E-state index is 11.4. The minimum Gasteiger partial charge on any atom is -0.497 e. The molecule has 106 valence electrons. The van der Waals surface area contributed by atoms with E-state index in [0.29, 0.717) is 13.1 Å². The first kappa shape index (κ1) is 14.1. The van der Waals surface area contributed by atoms with Crippen LogP contribution in [0, 0.1) is 0 Å². The van der Waals surface area contributed by atoms with Crippen molar-refractivity contribution < 1.29 is 17.9 Å². The molecule has 0 aromatic heterocycles. The first-order valence-electron chi connectivity index (χ1n) is 6.25. The first-order valence-corrected chi connectivity index (χ1v) is 8.09. The maximum Gasteiger partial charge on any atom is 0.211 e. The number of rotatable bonds is 4. The third-order valence-corrected chi connectivity index (χ3v) is 4.54. The third kappa shape index (κ3) is 3.84. The van der Waals surface area contributed by atoms with Crippen molar-refractivity contribution in [2.24, 2.45) is 0 Å². The highest BCUT2D eigenvalue weighted by atomic mass is 32.2. The topological polar surface area (TPSA) is 55.8 Å². The molecule has 1 aromatic rings. The highest BCUT2D eigenvalue weighted by Crippen LogP contribution is 2.22. The Labute approximate surface area is 114 Å². The monoisotopic (exact) mass is 285 g/mol. The predicted octanol–water partition coefficient (Wildman–Crippen LogP) is 1.50. The summed E-state index contributed by atoms with van der Waals surface area (Å²) in [7, 11) is -1.45. The number of benzene rings is 1. The number of sulfonamides is 1. The van der Waals surface area contributed by atoms with Gasteiger partial charge in [-0.3, -0.25) is 0 Å². The van der Waals surface area contributed by atoms with Gasteiger partial charge in [0.15, 0.2) is 0 Å². The summed E-state index contributed by atoms with van der Waals surface area (Å²) < 4.78 is 35.2. The summed E-state index contributed by atoms with van der Waals surface area (Å²) in [6, 6.07) is 7.42. The third-order valence-electron chi connectivity index (χ3n) is 3.23. The van der Waals surface area contributed by atoms with E-state index in [1.54, 1.807) is 7.11 Å². The molecule has 19 heavy (non-hydrogen) atoms. The molecule has 0 spiro atoms. The summed E-state index contributed by atoms with van der Waals surface area (Å²) in [5, 5.41) is 0. The Kier molecular flexibility index (Phi) is 4.31. The molecule has 0 radical (unpaired) electrons. The zero-order chi connectivity index (χ0) is 13.9. The van der Waals surface area contributed by atoms with Crippen molar-refractivity contribution in [3.05, 3.63) is 24.3 Å². The Morgan fingerprint density at radius 2 is 1.63 bits per heavy atom. The zero-order valence-corrected chi connectivity index (χ0v) is 12.0. The van der Waals surface area contributed by atoms with Crippen LogP contribution < -0.4 is 9.47 Å². The van der Waals surface area contributed by atoms with Crippen LogP contribution in [0.25, 0.3) is 0 Å². The van der Waals surface area contributed by atoms with Crippen LogP contribution in [-0.2, 0) is 10.0 Å². The Morgan fingerprint density at radius 3 is 2.11 bits per heavy atom. The largest absolute Gasteiger partial charge is 0.497 e. The van der Waals surface area contributed by atoms with Crippen LogP contribution in [0.4, 0.5) is 0 Å². The lowest BCUT2D eigenvalue weighted by molar-refractivity contribution is 0.135. The summed E-state index contributed by atoms with van der Waals surface area (Å²) >= 11 is 0. The van der Waals surface area contributed by atoms with Gasteiger partial charge in [0, 0.05) is 13.1 Å². The van der Waals surface area contributed by atoms with Crippen molar-refractivity contribution in [1.82, 2.24) is 4.31 Å². The predicted molar refractivity (Wildman–Crippen MR) is 73.1 cm³/mol. The van der Waals surface area contributed by atoms with E-state index in [-0.39, 0.29) is 6.10 Å². The van der Waals surface area contributed by atoms with E-state index in [1.807, 2.05) is 24.3 Å². The number of methoxy groups -OCH3 is 1. The van der Waals surface area contributed by atoms with E-state index in [9.17, 15) is 8.42 Å². The molecule has 0 saturated carbocycles. The molecule has 0 bridgehead atoms. The van der Waals surface area contributed by atoms with Crippen LogP contribution in [0.15, 0.2) is 24.3 Å². The van der Waals surface area contributed by atoms with Gasteiger partial charge in [0.25, 0.3) is 0 Å². The molecular weight excluding hydrogens is 266 g/mol. The van der Waals surface area contributed by atoms with Crippen LogP contribution in [-0.4, -0.2) is 45.3 Å². The van der Waals surface area contributed by atoms with Gasteiger partial charge in [-0.2, -0.15) is 0 Å². The van der Waals surface area contributed by atoms with E-state index in [4.69, 9.17) is 9.47 Å². The summed E-state index contributed by atoms with van der Waals surface area (Å²) in [4.78, 5) is 0. The molecule has 0 atom stereocenters. The molecule has 0 aliphatic carbocycles. The number of hydrogen-bond donors (Lipinski definition) is 0. The van der Waals surface area contributed by atoms with Crippen LogP contribution >= 0.6 is 0 Å². The zero-order valence-electron chi connectivity index (χ0n) is 11.2. The molecule has 1 aliphatic rings. The minimum atomic E-state index is -3.07. The van der Waals surface area contributed by atoms with Crippen LogP contribution in [0.5, 0.6) is 11.5 Å². The van der Waals surface area contributed by atoms with Gasteiger partial charge in [0.1, 0.15) is 17.6 Å². The molecule has 5 nitrogen and oxygen atoms in total. The average Bonchev–Trinajstić information content (AvgIpc) is 2.39. The van der Waals surface area contributed by atoms with Gasteiger partial charge in [-0.1, -0.05) is 0 Å². The van der Waals surface area contributed by atoms with Gasteiger partial charge in [-0.05, 0) is 37.1 Å². The second kappa shape index (κ2) is 5.79. The van der Waals surface area contributed by atoms with E-state index >= 15 is 0 Å². The number of ether oxygens (including phenoxy) is 2. The molecular formula is C13H19NO4S. The first-order chi connectivity index (χ1) is 8.99.